The van der Waals surface area contributed by atoms with Gasteiger partial charge in [0.25, 0.3) is 5.56 Å². The van der Waals surface area contributed by atoms with Gasteiger partial charge in [0, 0.05) is 18.5 Å². The third-order valence-corrected chi connectivity index (χ3v) is 4.56. The second-order valence-corrected chi connectivity index (χ2v) is 5.87. The van der Waals surface area contributed by atoms with E-state index < -0.39 is 0 Å². The summed E-state index contributed by atoms with van der Waals surface area (Å²) in [5, 5.41) is 1.98. The molecule has 4 aromatic rings. The Morgan fingerprint density at radius 1 is 0.960 bits per heavy atom. The molecule has 2 heterocycles. The summed E-state index contributed by atoms with van der Waals surface area (Å²) in [5.74, 6) is 0. The van der Waals surface area contributed by atoms with Crippen LogP contribution in [0.4, 0.5) is 0 Å². The lowest BCUT2D eigenvalue weighted by Gasteiger charge is -2.13. The second kappa shape index (κ2) is 5.73. The van der Waals surface area contributed by atoms with E-state index in [2.05, 4.69) is 4.98 Å². The fourth-order valence-electron chi connectivity index (χ4n) is 3.32. The molecule has 6 nitrogen and oxygen atoms in total. The summed E-state index contributed by atoms with van der Waals surface area (Å²) >= 11 is 0. The Morgan fingerprint density at radius 2 is 1.72 bits per heavy atom. The average molecular weight is 334 g/mol. The van der Waals surface area contributed by atoms with Gasteiger partial charge in [-0.3, -0.25) is 9.36 Å². The summed E-state index contributed by atoms with van der Waals surface area (Å²) in [6, 6.07) is 13.7. The van der Waals surface area contributed by atoms with Gasteiger partial charge in [-0.1, -0.05) is 36.4 Å². The summed E-state index contributed by atoms with van der Waals surface area (Å²) in [5.41, 5.74) is 0.933. The molecule has 0 aliphatic rings. The van der Waals surface area contributed by atoms with Crippen molar-refractivity contribution in [1.29, 1.82) is 0 Å². The summed E-state index contributed by atoms with van der Waals surface area (Å²) in [6.07, 6.45) is 1.62. The monoisotopic (exact) mass is 334 g/mol. The first kappa shape index (κ1) is 15.4. The van der Waals surface area contributed by atoms with Crippen LogP contribution in [-0.4, -0.2) is 18.7 Å². The highest BCUT2D eigenvalue weighted by Gasteiger charge is 2.19. The van der Waals surface area contributed by atoms with Gasteiger partial charge in [0.05, 0.1) is 12.0 Å². The van der Waals surface area contributed by atoms with Crippen molar-refractivity contribution in [2.45, 2.75) is 26.9 Å². The predicted molar refractivity (Wildman–Crippen MR) is 98.4 cm³/mol. The molecule has 4 rings (SSSR count). The Morgan fingerprint density at radius 3 is 2.48 bits per heavy atom. The smallest absolute Gasteiger partial charge is 0.325 e. The van der Waals surface area contributed by atoms with Crippen molar-refractivity contribution < 1.29 is 0 Å². The van der Waals surface area contributed by atoms with Crippen LogP contribution < -0.4 is 11.2 Å². The molecule has 0 saturated carbocycles. The lowest BCUT2D eigenvalue weighted by Crippen LogP contribution is -2.39. The number of rotatable bonds is 3. The fraction of sp³-hybridized carbons (Fsp3) is 0.211. The molecule has 2 aromatic heterocycles. The average Bonchev–Trinajstić information content (AvgIpc) is 3.06. The van der Waals surface area contributed by atoms with E-state index in [1.807, 2.05) is 49.4 Å². The van der Waals surface area contributed by atoms with Gasteiger partial charge in [0.1, 0.15) is 0 Å². The van der Waals surface area contributed by atoms with Crippen molar-refractivity contribution in [3.8, 4) is 5.69 Å². The van der Waals surface area contributed by atoms with Gasteiger partial charge in [-0.25, -0.2) is 14.3 Å². The topological polar surface area (TPSA) is 61.8 Å². The van der Waals surface area contributed by atoms with Gasteiger partial charge in [0.15, 0.2) is 11.2 Å². The first-order valence-corrected chi connectivity index (χ1v) is 8.36. The molecule has 0 aliphatic carbocycles. The van der Waals surface area contributed by atoms with Gasteiger partial charge in [-0.05, 0) is 25.3 Å². The van der Waals surface area contributed by atoms with Gasteiger partial charge in [0.2, 0.25) is 0 Å². The van der Waals surface area contributed by atoms with Crippen LogP contribution in [0.2, 0.25) is 0 Å². The fourth-order valence-corrected chi connectivity index (χ4v) is 3.32. The molecule has 6 heteroatoms. The minimum Gasteiger partial charge on any atom is -0.325 e. The zero-order valence-corrected chi connectivity index (χ0v) is 14.1. The molecule has 126 valence electrons. The Kier molecular flexibility index (Phi) is 3.53. The minimum atomic E-state index is -0.363. The molecule has 0 fully saturated rings. The van der Waals surface area contributed by atoms with Crippen LogP contribution in [0.25, 0.3) is 27.6 Å². The van der Waals surface area contributed by atoms with Crippen molar-refractivity contribution in [1.82, 2.24) is 18.7 Å². The summed E-state index contributed by atoms with van der Waals surface area (Å²) < 4.78 is 4.59. The van der Waals surface area contributed by atoms with E-state index in [9.17, 15) is 9.59 Å². The SMILES string of the molecule is CCn1c(=O)c2c(ncn2CC)n(-c2cccc3ccccc23)c1=O. The maximum Gasteiger partial charge on any atom is 0.337 e. The summed E-state index contributed by atoms with van der Waals surface area (Å²) in [6.45, 7) is 4.68. The number of imidazole rings is 1. The Balaban J connectivity index is 2.24. The van der Waals surface area contributed by atoms with Crippen LogP contribution in [0.1, 0.15) is 13.8 Å². The number of benzene rings is 2. The molecule has 0 bridgehead atoms. The van der Waals surface area contributed by atoms with E-state index in [0.717, 1.165) is 16.5 Å². The van der Waals surface area contributed by atoms with Crippen molar-refractivity contribution in [2.24, 2.45) is 0 Å². The molecule has 25 heavy (non-hydrogen) atoms. The highest BCUT2D eigenvalue weighted by molar-refractivity contribution is 5.91. The first-order valence-electron chi connectivity index (χ1n) is 8.36. The minimum absolute atomic E-state index is 0.293. The van der Waals surface area contributed by atoms with E-state index >= 15 is 0 Å². The first-order chi connectivity index (χ1) is 12.2. The normalized spacial score (nSPS) is 11.4. The molecule has 0 spiro atoms. The third-order valence-electron chi connectivity index (χ3n) is 4.56. The highest BCUT2D eigenvalue weighted by atomic mass is 16.2. The van der Waals surface area contributed by atoms with E-state index in [-0.39, 0.29) is 11.2 Å². The number of nitrogens with zero attached hydrogens (tertiary/aromatic N) is 4. The third kappa shape index (κ3) is 2.14. The van der Waals surface area contributed by atoms with Gasteiger partial charge >= 0.3 is 5.69 Å². The van der Waals surface area contributed by atoms with Crippen LogP contribution in [0.15, 0.2) is 58.4 Å². The van der Waals surface area contributed by atoms with E-state index in [0.29, 0.717) is 24.3 Å². The van der Waals surface area contributed by atoms with E-state index in [1.165, 1.54) is 4.57 Å². The number of aromatic nitrogens is 4. The lowest BCUT2D eigenvalue weighted by atomic mass is 10.1. The van der Waals surface area contributed by atoms with Crippen LogP contribution >= 0.6 is 0 Å². The van der Waals surface area contributed by atoms with E-state index in [1.54, 1.807) is 22.4 Å². The Labute approximate surface area is 143 Å². The second-order valence-electron chi connectivity index (χ2n) is 5.87. The van der Waals surface area contributed by atoms with Crippen molar-refractivity contribution in [2.75, 3.05) is 0 Å². The summed E-state index contributed by atoms with van der Waals surface area (Å²) in [4.78, 5) is 30.2. The van der Waals surface area contributed by atoms with Gasteiger partial charge in [-0.2, -0.15) is 0 Å². The molecule has 0 unspecified atom stereocenters. The molecule has 0 N–H and O–H groups in total. The molecular formula is C19H18N4O2. The van der Waals surface area contributed by atoms with Crippen LogP contribution in [0.3, 0.4) is 0 Å². The van der Waals surface area contributed by atoms with Crippen molar-refractivity contribution in [3.05, 3.63) is 69.6 Å². The molecule has 0 saturated heterocycles. The largest absolute Gasteiger partial charge is 0.337 e. The van der Waals surface area contributed by atoms with Crippen molar-refractivity contribution >= 4 is 21.9 Å². The molecular weight excluding hydrogens is 316 g/mol. The van der Waals surface area contributed by atoms with Crippen LogP contribution in [0, 0.1) is 0 Å². The Hall–Kier alpha value is -3.15. The molecule has 2 aromatic carbocycles. The number of hydrogen-bond acceptors (Lipinski definition) is 3. The van der Waals surface area contributed by atoms with Gasteiger partial charge < -0.3 is 4.57 Å². The number of hydrogen-bond donors (Lipinski definition) is 0. The molecule has 0 aliphatic heterocycles. The molecule has 0 radical (unpaired) electrons. The maximum absolute atomic E-state index is 13.1. The quantitative estimate of drug-likeness (QED) is 0.578. The predicted octanol–water partition coefficient (Wildman–Crippen LogP) is 2.54. The maximum atomic E-state index is 13.1. The zero-order valence-electron chi connectivity index (χ0n) is 14.1. The summed E-state index contributed by atoms with van der Waals surface area (Å²) in [7, 11) is 0. The number of aryl methyl sites for hydroxylation is 1. The van der Waals surface area contributed by atoms with Crippen molar-refractivity contribution in [3.63, 3.8) is 0 Å². The number of fused-ring (bicyclic) bond motifs is 2. The zero-order chi connectivity index (χ0) is 17.6. The van der Waals surface area contributed by atoms with Crippen LogP contribution in [-0.2, 0) is 13.1 Å². The Bertz CT molecular complexity index is 1210. The van der Waals surface area contributed by atoms with E-state index in [4.69, 9.17) is 0 Å². The standard InChI is InChI=1S/C19H18N4O2/c1-3-21-12-20-17-16(21)18(24)22(4-2)19(25)23(17)15-11-7-9-13-8-5-6-10-14(13)15/h5-12H,3-4H2,1-2H3. The van der Waals surface area contributed by atoms with Gasteiger partial charge in [-0.15, -0.1) is 0 Å². The lowest BCUT2D eigenvalue weighted by molar-refractivity contribution is 0.654. The molecule has 0 amide bonds. The molecule has 0 atom stereocenters. The highest BCUT2D eigenvalue weighted by Crippen LogP contribution is 2.23. The van der Waals surface area contributed by atoms with Crippen LogP contribution in [0.5, 0.6) is 0 Å².